The maximum atomic E-state index is 12.6. The molecule has 9 heteroatoms. The summed E-state index contributed by atoms with van der Waals surface area (Å²) in [7, 11) is 1.88. The predicted molar refractivity (Wildman–Crippen MR) is 107 cm³/mol. The highest BCUT2D eigenvalue weighted by atomic mass is 16.6. The van der Waals surface area contributed by atoms with Crippen LogP contribution in [0.3, 0.4) is 0 Å². The van der Waals surface area contributed by atoms with Gasteiger partial charge in [-0.3, -0.25) is 9.48 Å². The molecule has 0 bridgehead atoms. The molecule has 0 unspecified atom stereocenters. The number of carbonyl (C=O) groups is 1. The van der Waals surface area contributed by atoms with E-state index in [1.807, 2.05) is 37.3 Å². The molecule has 0 N–H and O–H groups in total. The van der Waals surface area contributed by atoms with E-state index in [-0.39, 0.29) is 29.8 Å². The third kappa shape index (κ3) is 2.57. The van der Waals surface area contributed by atoms with E-state index >= 15 is 0 Å². The zero-order chi connectivity index (χ0) is 20.6. The number of hydrogen-bond acceptors (Lipinski definition) is 6. The molecule has 1 aliphatic carbocycles. The number of amides is 1. The minimum atomic E-state index is -0.360. The van der Waals surface area contributed by atoms with E-state index in [2.05, 4.69) is 17.1 Å². The van der Waals surface area contributed by atoms with Crippen molar-refractivity contribution >= 4 is 11.4 Å². The monoisotopic (exact) mass is 408 g/mol. The van der Waals surface area contributed by atoms with Crippen molar-refractivity contribution in [3.63, 3.8) is 0 Å². The lowest BCUT2D eigenvalue weighted by Crippen LogP contribution is -2.61. The van der Waals surface area contributed by atoms with Crippen molar-refractivity contribution < 1.29 is 14.3 Å². The fourth-order valence-corrected chi connectivity index (χ4v) is 5.11. The zero-order valence-electron chi connectivity index (χ0n) is 17.2. The number of nitrogens with zero attached hydrogens (tertiary/aromatic N) is 6. The van der Waals surface area contributed by atoms with E-state index in [1.54, 1.807) is 21.6 Å². The Hall–Kier alpha value is -2.94. The largest absolute Gasteiger partial charge is 0.469 e. The summed E-state index contributed by atoms with van der Waals surface area (Å²) in [5.74, 6) is 0.994. The van der Waals surface area contributed by atoms with E-state index in [0.29, 0.717) is 11.8 Å². The molecule has 2 aliphatic heterocycles. The molecule has 30 heavy (non-hydrogen) atoms. The lowest BCUT2D eigenvalue weighted by atomic mass is 9.66. The highest BCUT2D eigenvalue weighted by molar-refractivity contribution is 5.84. The molecule has 1 saturated carbocycles. The van der Waals surface area contributed by atoms with Gasteiger partial charge in [0.05, 0.1) is 30.4 Å². The number of fused-ring (bicyclic) bond motifs is 2. The molecule has 5 atom stereocenters. The first kappa shape index (κ1) is 17.9. The summed E-state index contributed by atoms with van der Waals surface area (Å²) in [6.45, 7) is 4.84. The Morgan fingerprint density at radius 2 is 2.17 bits per heavy atom. The molecule has 0 radical (unpaired) electrons. The molecule has 156 valence electrons. The van der Waals surface area contributed by atoms with Crippen LogP contribution >= 0.6 is 0 Å². The van der Waals surface area contributed by atoms with Gasteiger partial charge in [-0.1, -0.05) is 0 Å². The van der Waals surface area contributed by atoms with Gasteiger partial charge in [0.25, 0.3) is 5.91 Å². The van der Waals surface area contributed by atoms with Crippen LogP contribution in [0, 0.1) is 5.92 Å². The van der Waals surface area contributed by atoms with E-state index in [1.165, 1.54) is 0 Å². The van der Waals surface area contributed by atoms with Gasteiger partial charge in [-0.05, 0) is 26.3 Å². The third-order valence-electron chi connectivity index (χ3n) is 6.87. The summed E-state index contributed by atoms with van der Waals surface area (Å²) in [6, 6.07) is 2.13. The smallest absolute Gasteiger partial charge is 0.254 e. The van der Waals surface area contributed by atoms with Crippen LogP contribution in [-0.4, -0.2) is 65.6 Å². The third-order valence-corrected chi connectivity index (χ3v) is 6.87. The van der Waals surface area contributed by atoms with Crippen LogP contribution in [0.1, 0.15) is 26.7 Å². The first-order chi connectivity index (χ1) is 14.4. The van der Waals surface area contributed by atoms with Gasteiger partial charge >= 0.3 is 0 Å². The van der Waals surface area contributed by atoms with Crippen LogP contribution in [0.2, 0.25) is 0 Å². The van der Waals surface area contributed by atoms with Gasteiger partial charge in [-0.25, -0.2) is 9.50 Å². The highest BCUT2D eigenvalue weighted by Gasteiger charge is 2.61. The normalized spacial score (nSPS) is 32.2. The van der Waals surface area contributed by atoms with Gasteiger partial charge < -0.3 is 14.4 Å². The molecule has 1 amide bonds. The minimum absolute atomic E-state index is 0.0498. The number of likely N-dealkylation sites (tertiary alicyclic amines) is 1. The molecular weight excluding hydrogens is 384 g/mol. The molecule has 6 rings (SSSR count). The quantitative estimate of drug-likeness (QED) is 0.610. The second-order valence-corrected chi connectivity index (χ2v) is 8.87. The molecule has 3 aromatic rings. The average molecular weight is 408 g/mol. The van der Waals surface area contributed by atoms with Gasteiger partial charge in [-0.15, -0.1) is 0 Å². The van der Waals surface area contributed by atoms with Gasteiger partial charge in [0, 0.05) is 43.7 Å². The zero-order valence-corrected chi connectivity index (χ0v) is 17.2. The van der Waals surface area contributed by atoms with E-state index < -0.39 is 0 Å². The fourth-order valence-electron chi connectivity index (χ4n) is 5.11. The summed E-state index contributed by atoms with van der Waals surface area (Å²) in [6.07, 6.45) is 8.87. The van der Waals surface area contributed by atoms with Crippen LogP contribution in [0.25, 0.3) is 16.8 Å². The van der Waals surface area contributed by atoms with E-state index in [4.69, 9.17) is 14.5 Å². The number of carbonyl (C=O) groups excluding carboxylic acids is 1. The molecule has 9 nitrogen and oxygen atoms in total. The number of hydrogen-bond donors (Lipinski definition) is 0. The first-order valence-corrected chi connectivity index (χ1v) is 10.4. The molecule has 3 aliphatic rings. The van der Waals surface area contributed by atoms with Crippen LogP contribution in [0.15, 0.2) is 30.9 Å². The molecule has 0 spiro atoms. The molecule has 5 heterocycles. The second kappa shape index (κ2) is 6.04. The van der Waals surface area contributed by atoms with Crippen LogP contribution in [-0.2, 0) is 16.6 Å². The predicted octanol–water partition coefficient (Wildman–Crippen LogP) is 1.68. The van der Waals surface area contributed by atoms with Crippen molar-refractivity contribution in [3.05, 3.63) is 30.9 Å². The Balaban J connectivity index is 1.27. The summed E-state index contributed by atoms with van der Waals surface area (Å²) in [4.78, 5) is 19.5. The SMILES string of the molecule is C[C@H]1O[C@H]1C(=O)N1CC[C@H]2[C@@H]1C[C@@]2(C)Oc1nc(-c2cnn(C)c2)cn2nccc12. The topological polar surface area (TPSA) is 90.1 Å². The number of epoxide rings is 1. The molecule has 0 aromatic carbocycles. The van der Waals surface area contributed by atoms with Crippen molar-refractivity contribution in [3.8, 4) is 17.1 Å². The Labute approximate surface area is 173 Å². The van der Waals surface area contributed by atoms with Gasteiger partial charge in [0.1, 0.15) is 11.1 Å². The summed E-state index contributed by atoms with van der Waals surface area (Å²) >= 11 is 0. The van der Waals surface area contributed by atoms with Gasteiger partial charge in [0.2, 0.25) is 5.88 Å². The van der Waals surface area contributed by atoms with E-state index in [0.717, 1.165) is 36.2 Å². The number of aromatic nitrogens is 5. The molecular formula is C21H24N6O3. The van der Waals surface area contributed by atoms with Crippen molar-refractivity contribution in [1.82, 2.24) is 29.3 Å². The molecule has 2 saturated heterocycles. The molecule has 3 aromatic heterocycles. The number of aryl methyl sites for hydroxylation is 1. The summed E-state index contributed by atoms with van der Waals surface area (Å²) in [5.41, 5.74) is 2.14. The first-order valence-electron chi connectivity index (χ1n) is 10.4. The lowest BCUT2D eigenvalue weighted by Gasteiger charge is -2.51. The maximum Gasteiger partial charge on any atom is 0.254 e. The molecule has 3 fully saturated rings. The van der Waals surface area contributed by atoms with Crippen LogP contribution in [0.4, 0.5) is 0 Å². The number of ether oxygens (including phenoxy) is 2. The van der Waals surface area contributed by atoms with Crippen molar-refractivity contribution in [2.75, 3.05) is 6.54 Å². The van der Waals surface area contributed by atoms with Gasteiger partial charge in [0.15, 0.2) is 6.10 Å². The summed E-state index contributed by atoms with van der Waals surface area (Å²) < 4.78 is 15.5. The maximum absolute atomic E-state index is 12.6. The minimum Gasteiger partial charge on any atom is -0.469 e. The fraction of sp³-hybridized carbons (Fsp3) is 0.524. The van der Waals surface area contributed by atoms with Crippen molar-refractivity contribution in [2.24, 2.45) is 13.0 Å². The van der Waals surface area contributed by atoms with Crippen molar-refractivity contribution in [2.45, 2.75) is 50.5 Å². The Morgan fingerprint density at radius 3 is 2.90 bits per heavy atom. The van der Waals surface area contributed by atoms with Crippen LogP contribution in [0.5, 0.6) is 5.88 Å². The highest BCUT2D eigenvalue weighted by Crippen LogP contribution is 2.51. The number of rotatable bonds is 4. The Kier molecular flexibility index (Phi) is 3.60. The van der Waals surface area contributed by atoms with Gasteiger partial charge in [-0.2, -0.15) is 10.2 Å². The standard InChI is InChI=1S/C21H24N6O3/c1-12-18(29-12)20(28)26-7-5-14-17(26)8-21(14,2)30-19-16-4-6-22-27(16)11-15(24-19)13-9-23-25(3)10-13/h4,6,9-12,14,17-18H,5,7-8H2,1-3H3/t12-,14+,17+,18-,21-/m1/s1. The van der Waals surface area contributed by atoms with Crippen molar-refractivity contribution in [1.29, 1.82) is 0 Å². The average Bonchev–Trinajstić information content (AvgIpc) is 3.10. The van der Waals surface area contributed by atoms with E-state index in [9.17, 15) is 4.79 Å². The Bertz CT molecular complexity index is 1150. The lowest BCUT2D eigenvalue weighted by molar-refractivity contribution is -0.143. The second-order valence-electron chi connectivity index (χ2n) is 8.87. The Morgan fingerprint density at radius 1 is 1.33 bits per heavy atom. The summed E-state index contributed by atoms with van der Waals surface area (Å²) in [5, 5.41) is 8.63. The van der Waals surface area contributed by atoms with Crippen LogP contribution < -0.4 is 4.74 Å².